The van der Waals surface area contributed by atoms with E-state index in [4.69, 9.17) is 5.73 Å². The molecule has 0 amide bonds. The van der Waals surface area contributed by atoms with Crippen LogP contribution >= 0.6 is 0 Å². The Morgan fingerprint density at radius 3 is 2.89 bits per heavy atom. The van der Waals surface area contributed by atoms with Gasteiger partial charge in [-0.05, 0) is 31.6 Å². The number of piperidine rings is 1. The number of nitrogens with two attached hydrogens (primary N) is 1. The van der Waals surface area contributed by atoms with Gasteiger partial charge in [-0.2, -0.15) is 0 Å². The number of rotatable bonds is 2. The first kappa shape index (κ1) is 11.9. The highest BCUT2D eigenvalue weighted by Crippen LogP contribution is 2.36. The predicted molar refractivity (Wildman–Crippen MR) is 72.2 cm³/mol. The van der Waals surface area contributed by atoms with Gasteiger partial charge in [0.1, 0.15) is 5.82 Å². The summed E-state index contributed by atoms with van der Waals surface area (Å²) in [7, 11) is 0. The minimum Gasteiger partial charge on any atom is -0.352 e. The molecule has 0 aromatic carbocycles. The maximum absolute atomic E-state index is 5.66. The molecule has 0 spiro atoms. The number of hydrogen-bond acceptors (Lipinski definition) is 4. The van der Waals surface area contributed by atoms with E-state index >= 15 is 0 Å². The van der Waals surface area contributed by atoms with E-state index < -0.39 is 0 Å². The highest BCUT2D eigenvalue weighted by atomic mass is 15.2. The zero-order valence-electron chi connectivity index (χ0n) is 10.9. The number of aromatic nitrogens is 2. The van der Waals surface area contributed by atoms with Crippen molar-refractivity contribution in [1.82, 2.24) is 9.97 Å². The first-order valence-electron chi connectivity index (χ1n) is 7.16. The predicted octanol–water partition coefficient (Wildman–Crippen LogP) is 2.09. The normalized spacial score (nSPS) is 27.9. The third-order valence-corrected chi connectivity index (χ3v) is 4.42. The fourth-order valence-corrected chi connectivity index (χ4v) is 3.54. The van der Waals surface area contributed by atoms with Gasteiger partial charge in [0.2, 0.25) is 0 Å². The Bertz CT molecular complexity index is 405. The third kappa shape index (κ3) is 2.21. The molecule has 1 aliphatic heterocycles. The molecule has 1 saturated heterocycles. The van der Waals surface area contributed by atoms with Crippen LogP contribution in [0, 0.1) is 5.92 Å². The second kappa shape index (κ2) is 5.22. The van der Waals surface area contributed by atoms with Gasteiger partial charge < -0.3 is 10.6 Å². The Kier molecular flexibility index (Phi) is 3.46. The minimum absolute atomic E-state index is 0.475. The largest absolute Gasteiger partial charge is 0.352 e. The van der Waals surface area contributed by atoms with Crippen molar-refractivity contribution < 1.29 is 0 Å². The second-order valence-electron chi connectivity index (χ2n) is 5.52. The summed E-state index contributed by atoms with van der Waals surface area (Å²) < 4.78 is 0. The summed E-state index contributed by atoms with van der Waals surface area (Å²) in [6.45, 7) is 1.60. The highest BCUT2D eigenvalue weighted by molar-refractivity contribution is 5.39. The number of anilines is 1. The van der Waals surface area contributed by atoms with Crippen molar-refractivity contribution in [1.29, 1.82) is 0 Å². The van der Waals surface area contributed by atoms with Crippen molar-refractivity contribution in [2.75, 3.05) is 11.4 Å². The molecule has 1 aromatic heterocycles. The zero-order chi connectivity index (χ0) is 12.4. The van der Waals surface area contributed by atoms with Gasteiger partial charge in [-0.1, -0.05) is 12.8 Å². The summed E-state index contributed by atoms with van der Waals surface area (Å²) in [6.07, 6.45) is 11.8. The van der Waals surface area contributed by atoms with Crippen molar-refractivity contribution in [3.05, 3.63) is 18.1 Å². The monoisotopic (exact) mass is 246 g/mol. The molecule has 4 heteroatoms. The van der Waals surface area contributed by atoms with Crippen LogP contribution in [0.5, 0.6) is 0 Å². The molecule has 98 valence electrons. The van der Waals surface area contributed by atoms with Gasteiger partial charge in [-0.25, -0.2) is 4.98 Å². The topological polar surface area (TPSA) is 55.0 Å². The van der Waals surface area contributed by atoms with Crippen molar-refractivity contribution in [2.45, 2.75) is 51.1 Å². The number of hydrogen-bond donors (Lipinski definition) is 1. The molecule has 2 N–H and O–H groups in total. The van der Waals surface area contributed by atoms with Gasteiger partial charge in [0.25, 0.3) is 0 Å². The van der Waals surface area contributed by atoms with Gasteiger partial charge in [-0.3, -0.25) is 4.98 Å². The lowest BCUT2D eigenvalue weighted by Gasteiger charge is -2.44. The maximum atomic E-state index is 5.66. The molecule has 1 saturated carbocycles. The number of fused-ring (bicyclic) bond motifs is 1. The lowest BCUT2D eigenvalue weighted by molar-refractivity contribution is 0.242. The second-order valence-corrected chi connectivity index (χ2v) is 5.52. The summed E-state index contributed by atoms with van der Waals surface area (Å²) in [5.74, 6) is 1.91. The van der Waals surface area contributed by atoms with Crippen LogP contribution in [0.4, 0.5) is 5.82 Å². The van der Waals surface area contributed by atoms with Gasteiger partial charge in [0.15, 0.2) is 0 Å². The lowest BCUT2D eigenvalue weighted by Crippen LogP contribution is -2.47. The van der Waals surface area contributed by atoms with Crippen LogP contribution in [0.25, 0.3) is 0 Å². The Morgan fingerprint density at radius 1 is 1.17 bits per heavy atom. The quantitative estimate of drug-likeness (QED) is 0.868. The van der Waals surface area contributed by atoms with Crippen LogP contribution < -0.4 is 10.6 Å². The Labute approximate surface area is 109 Å². The molecule has 3 rings (SSSR count). The van der Waals surface area contributed by atoms with E-state index in [1.165, 1.54) is 38.5 Å². The van der Waals surface area contributed by atoms with E-state index in [0.29, 0.717) is 12.6 Å². The standard InChI is InChI=1S/C14H22N4/c15-8-12-9-16-10-14(17-12)18-7-3-5-11-4-1-2-6-13(11)18/h9-11,13H,1-8,15H2/t11-,13-/m1/s1. The van der Waals surface area contributed by atoms with Crippen molar-refractivity contribution in [3.63, 3.8) is 0 Å². The molecule has 1 aromatic rings. The van der Waals surface area contributed by atoms with E-state index in [-0.39, 0.29) is 0 Å². The van der Waals surface area contributed by atoms with E-state index in [1.807, 2.05) is 6.20 Å². The van der Waals surface area contributed by atoms with Crippen LogP contribution in [0.2, 0.25) is 0 Å². The van der Waals surface area contributed by atoms with Crippen molar-refractivity contribution >= 4 is 5.82 Å². The summed E-state index contributed by atoms with van der Waals surface area (Å²) >= 11 is 0. The van der Waals surface area contributed by atoms with Crippen LogP contribution in [-0.2, 0) is 6.54 Å². The molecule has 2 fully saturated rings. The van der Waals surface area contributed by atoms with E-state index in [0.717, 1.165) is 24.0 Å². The van der Waals surface area contributed by atoms with Crippen molar-refractivity contribution in [3.8, 4) is 0 Å². The summed E-state index contributed by atoms with van der Waals surface area (Å²) in [5, 5.41) is 0. The Balaban J connectivity index is 1.84. The average Bonchev–Trinajstić information content (AvgIpc) is 2.47. The van der Waals surface area contributed by atoms with Crippen LogP contribution in [-0.4, -0.2) is 22.6 Å². The van der Waals surface area contributed by atoms with Gasteiger partial charge in [0.05, 0.1) is 11.9 Å². The molecular weight excluding hydrogens is 224 g/mol. The SMILES string of the molecule is NCc1cncc(N2CCC[C@H]3CCCC[C@H]32)n1. The first-order chi connectivity index (χ1) is 8.88. The maximum Gasteiger partial charge on any atom is 0.147 e. The molecule has 1 aliphatic carbocycles. The Morgan fingerprint density at radius 2 is 2.00 bits per heavy atom. The molecule has 18 heavy (non-hydrogen) atoms. The van der Waals surface area contributed by atoms with E-state index in [1.54, 1.807) is 6.20 Å². The molecule has 2 aliphatic rings. The molecule has 0 radical (unpaired) electrons. The van der Waals surface area contributed by atoms with Gasteiger partial charge >= 0.3 is 0 Å². The van der Waals surface area contributed by atoms with Crippen LogP contribution in [0.1, 0.15) is 44.2 Å². The summed E-state index contributed by atoms with van der Waals surface area (Å²) in [6, 6.07) is 0.690. The first-order valence-corrected chi connectivity index (χ1v) is 7.16. The number of nitrogens with zero attached hydrogens (tertiary/aromatic N) is 3. The van der Waals surface area contributed by atoms with Crippen LogP contribution in [0.3, 0.4) is 0 Å². The highest BCUT2D eigenvalue weighted by Gasteiger charge is 2.33. The van der Waals surface area contributed by atoms with Gasteiger partial charge in [-0.15, -0.1) is 0 Å². The van der Waals surface area contributed by atoms with Crippen LogP contribution in [0.15, 0.2) is 12.4 Å². The molecule has 0 bridgehead atoms. The molecular formula is C14H22N4. The lowest BCUT2D eigenvalue weighted by atomic mass is 9.78. The third-order valence-electron chi connectivity index (χ3n) is 4.42. The van der Waals surface area contributed by atoms with E-state index in [2.05, 4.69) is 14.9 Å². The molecule has 2 atom stereocenters. The molecule has 0 unspecified atom stereocenters. The zero-order valence-corrected chi connectivity index (χ0v) is 10.9. The smallest absolute Gasteiger partial charge is 0.147 e. The average molecular weight is 246 g/mol. The summed E-state index contributed by atoms with van der Waals surface area (Å²) in [4.78, 5) is 11.4. The summed E-state index contributed by atoms with van der Waals surface area (Å²) in [5.41, 5.74) is 6.55. The fourth-order valence-electron chi connectivity index (χ4n) is 3.54. The minimum atomic E-state index is 0.475. The van der Waals surface area contributed by atoms with E-state index in [9.17, 15) is 0 Å². The fraction of sp³-hybridized carbons (Fsp3) is 0.714. The molecule has 2 heterocycles. The molecule has 4 nitrogen and oxygen atoms in total. The van der Waals surface area contributed by atoms with Crippen molar-refractivity contribution in [2.24, 2.45) is 11.7 Å². The van der Waals surface area contributed by atoms with Gasteiger partial charge in [0, 0.05) is 25.3 Å². The Hall–Kier alpha value is -1.16.